The lowest BCUT2D eigenvalue weighted by molar-refractivity contribution is 0.414. The zero-order chi connectivity index (χ0) is 16.0. The van der Waals surface area contributed by atoms with Gasteiger partial charge in [-0.05, 0) is 48.2 Å². The summed E-state index contributed by atoms with van der Waals surface area (Å²) in [5, 5.41) is 0. The summed E-state index contributed by atoms with van der Waals surface area (Å²) in [4.78, 5) is 0.301. The molecule has 0 aliphatic carbocycles. The fourth-order valence-electron chi connectivity index (χ4n) is 2.15. The van der Waals surface area contributed by atoms with E-state index in [9.17, 15) is 8.42 Å². The highest BCUT2D eigenvalue weighted by Gasteiger charge is 2.12. The van der Waals surface area contributed by atoms with Gasteiger partial charge in [-0.15, -0.1) is 0 Å². The third-order valence-electron chi connectivity index (χ3n) is 3.48. The number of sulfonamides is 1. The van der Waals surface area contributed by atoms with Gasteiger partial charge in [0.2, 0.25) is 10.0 Å². The molecule has 0 bridgehead atoms. The van der Waals surface area contributed by atoms with Gasteiger partial charge in [0.15, 0.2) is 0 Å². The van der Waals surface area contributed by atoms with Crippen molar-refractivity contribution in [1.29, 1.82) is 0 Å². The van der Waals surface area contributed by atoms with Crippen molar-refractivity contribution in [3.63, 3.8) is 0 Å². The van der Waals surface area contributed by atoms with Crippen LogP contribution in [0.2, 0.25) is 0 Å². The number of ether oxygens (including phenoxy) is 1. The van der Waals surface area contributed by atoms with Crippen LogP contribution in [-0.4, -0.2) is 22.1 Å². The number of methoxy groups -OCH3 is 1. The van der Waals surface area contributed by atoms with E-state index in [0.717, 1.165) is 23.3 Å². The molecule has 118 valence electrons. The maximum Gasteiger partial charge on any atom is 0.240 e. The first-order valence-electron chi connectivity index (χ1n) is 7.26. The van der Waals surface area contributed by atoms with Gasteiger partial charge in [-0.3, -0.25) is 0 Å². The second-order valence-electron chi connectivity index (χ2n) is 5.00. The Hall–Kier alpha value is -1.85. The molecule has 0 saturated heterocycles. The summed E-state index contributed by atoms with van der Waals surface area (Å²) in [7, 11) is -1.84. The second-order valence-corrected chi connectivity index (χ2v) is 6.76. The van der Waals surface area contributed by atoms with Gasteiger partial charge in [-0.2, -0.15) is 0 Å². The fraction of sp³-hybridized carbons (Fsp3) is 0.294. The molecule has 0 amide bonds. The maximum atomic E-state index is 12.2. The Kier molecular flexibility index (Phi) is 5.57. The zero-order valence-electron chi connectivity index (χ0n) is 12.9. The van der Waals surface area contributed by atoms with Crippen LogP contribution in [0.25, 0.3) is 0 Å². The fourth-order valence-corrected chi connectivity index (χ4v) is 3.18. The van der Waals surface area contributed by atoms with Crippen molar-refractivity contribution in [2.75, 3.05) is 13.7 Å². The number of hydrogen-bond acceptors (Lipinski definition) is 3. The highest BCUT2D eigenvalue weighted by atomic mass is 32.2. The second kappa shape index (κ2) is 7.42. The van der Waals surface area contributed by atoms with Gasteiger partial charge in [0, 0.05) is 6.54 Å². The van der Waals surface area contributed by atoms with Crippen LogP contribution in [0.15, 0.2) is 53.4 Å². The Morgan fingerprint density at radius 3 is 2.41 bits per heavy atom. The van der Waals surface area contributed by atoms with Gasteiger partial charge in [0.05, 0.1) is 12.0 Å². The summed E-state index contributed by atoms with van der Waals surface area (Å²) < 4.78 is 32.2. The minimum atomic E-state index is -3.45. The molecular formula is C17H21NO3S. The van der Waals surface area contributed by atoms with E-state index in [0.29, 0.717) is 17.9 Å². The molecule has 0 aliphatic rings. The summed E-state index contributed by atoms with van der Waals surface area (Å²) in [6.07, 6.45) is 1.51. The third-order valence-corrected chi connectivity index (χ3v) is 4.96. The Balaban J connectivity index is 1.97. The van der Waals surface area contributed by atoms with E-state index >= 15 is 0 Å². The van der Waals surface area contributed by atoms with Crippen LogP contribution < -0.4 is 9.46 Å². The lowest BCUT2D eigenvalue weighted by Crippen LogP contribution is -2.26. The summed E-state index contributed by atoms with van der Waals surface area (Å²) in [6.45, 7) is 2.39. The quantitative estimate of drug-likeness (QED) is 0.854. The average molecular weight is 319 g/mol. The standard InChI is InChI=1S/C17H21NO3S/c1-3-14-7-9-17(10-8-14)22(19,20)18-12-11-15-5-4-6-16(13-15)21-2/h4-10,13,18H,3,11-12H2,1-2H3. The molecule has 0 heterocycles. The summed E-state index contributed by atoms with van der Waals surface area (Å²) >= 11 is 0. The van der Waals surface area contributed by atoms with Gasteiger partial charge >= 0.3 is 0 Å². The molecule has 0 unspecified atom stereocenters. The SMILES string of the molecule is CCc1ccc(S(=O)(=O)NCCc2cccc(OC)c2)cc1. The van der Waals surface area contributed by atoms with Crippen molar-refractivity contribution in [3.8, 4) is 5.75 Å². The molecular weight excluding hydrogens is 298 g/mol. The van der Waals surface area contributed by atoms with Crippen LogP contribution in [-0.2, 0) is 22.9 Å². The first-order valence-corrected chi connectivity index (χ1v) is 8.75. The molecule has 0 aromatic heterocycles. The Bertz CT molecular complexity index is 709. The van der Waals surface area contributed by atoms with Crippen LogP contribution >= 0.6 is 0 Å². The largest absolute Gasteiger partial charge is 0.497 e. The van der Waals surface area contributed by atoms with Crippen LogP contribution in [0.4, 0.5) is 0 Å². The third kappa shape index (κ3) is 4.32. The van der Waals surface area contributed by atoms with Crippen molar-refractivity contribution in [2.45, 2.75) is 24.7 Å². The molecule has 2 aromatic rings. The van der Waals surface area contributed by atoms with Crippen LogP contribution in [0.5, 0.6) is 5.75 Å². The molecule has 4 nitrogen and oxygen atoms in total. The molecule has 2 rings (SSSR count). The Morgan fingerprint density at radius 2 is 1.77 bits per heavy atom. The van der Waals surface area contributed by atoms with Gasteiger partial charge in [0.25, 0.3) is 0 Å². The molecule has 1 N–H and O–H groups in total. The van der Waals surface area contributed by atoms with Crippen molar-refractivity contribution < 1.29 is 13.2 Å². The monoisotopic (exact) mass is 319 g/mol. The van der Waals surface area contributed by atoms with E-state index in [2.05, 4.69) is 4.72 Å². The van der Waals surface area contributed by atoms with Gasteiger partial charge in [0.1, 0.15) is 5.75 Å². The molecule has 22 heavy (non-hydrogen) atoms. The van der Waals surface area contributed by atoms with Crippen molar-refractivity contribution in [1.82, 2.24) is 4.72 Å². The lowest BCUT2D eigenvalue weighted by atomic mass is 10.1. The first kappa shape index (κ1) is 16.5. The number of hydrogen-bond donors (Lipinski definition) is 1. The predicted molar refractivity (Wildman–Crippen MR) is 87.7 cm³/mol. The topological polar surface area (TPSA) is 55.4 Å². The van der Waals surface area contributed by atoms with E-state index in [1.54, 1.807) is 19.2 Å². The average Bonchev–Trinajstić information content (AvgIpc) is 2.55. The zero-order valence-corrected chi connectivity index (χ0v) is 13.7. The van der Waals surface area contributed by atoms with Crippen LogP contribution in [0, 0.1) is 0 Å². The Labute approximate surface area is 132 Å². The molecule has 0 radical (unpaired) electrons. The first-order chi connectivity index (χ1) is 10.5. The summed E-state index contributed by atoms with van der Waals surface area (Å²) in [5.74, 6) is 0.774. The van der Waals surface area contributed by atoms with Gasteiger partial charge in [-0.1, -0.05) is 31.2 Å². The number of aryl methyl sites for hydroxylation is 1. The highest BCUT2D eigenvalue weighted by molar-refractivity contribution is 7.89. The van der Waals surface area contributed by atoms with Crippen molar-refractivity contribution in [3.05, 3.63) is 59.7 Å². The molecule has 5 heteroatoms. The van der Waals surface area contributed by atoms with Gasteiger partial charge in [-0.25, -0.2) is 13.1 Å². The van der Waals surface area contributed by atoms with Gasteiger partial charge < -0.3 is 4.74 Å². The minimum absolute atomic E-state index is 0.301. The number of benzene rings is 2. The summed E-state index contributed by atoms with van der Waals surface area (Å²) in [6, 6.07) is 14.6. The van der Waals surface area contributed by atoms with Crippen LogP contribution in [0.1, 0.15) is 18.1 Å². The number of rotatable bonds is 7. The maximum absolute atomic E-state index is 12.2. The molecule has 2 aromatic carbocycles. The Morgan fingerprint density at radius 1 is 1.05 bits per heavy atom. The molecule has 0 aliphatic heterocycles. The van der Waals surface area contributed by atoms with E-state index in [1.807, 2.05) is 43.3 Å². The predicted octanol–water partition coefficient (Wildman–Crippen LogP) is 2.78. The van der Waals surface area contributed by atoms with E-state index in [-0.39, 0.29) is 0 Å². The number of nitrogens with one attached hydrogen (secondary N) is 1. The minimum Gasteiger partial charge on any atom is -0.497 e. The molecule has 0 atom stereocenters. The van der Waals surface area contributed by atoms with Crippen molar-refractivity contribution in [2.24, 2.45) is 0 Å². The van der Waals surface area contributed by atoms with E-state index < -0.39 is 10.0 Å². The highest BCUT2D eigenvalue weighted by Crippen LogP contribution is 2.14. The van der Waals surface area contributed by atoms with Crippen LogP contribution in [0.3, 0.4) is 0 Å². The van der Waals surface area contributed by atoms with E-state index in [4.69, 9.17) is 4.74 Å². The lowest BCUT2D eigenvalue weighted by Gasteiger charge is -2.08. The smallest absolute Gasteiger partial charge is 0.240 e. The van der Waals surface area contributed by atoms with Crippen molar-refractivity contribution >= 4 is 10.0 Å². The molecule has 0 fully saturated rings. The molecule has 0 saturated carbocycles. The molecule has 0 spiro atoms. The summed E-state index contributed by atoms with van der Waals surface area (Å²) in [5.41, 5.74) is 2.15. The normalized spacial score (nSPS) is 11.4. The van der Waals surface area contributed by atoms with E-state index in [1.165, 1.54) is 0 Å².